The number of hydrogen-bond donors (Lipinski definition) is 1. The second-order valence-corrected chi connectivity index (χ2v) is 4.56. The number of carbonyl (C=O) groups is 1. The van der Waals surface area contributed by atoms with Gasteiger partial charge in [0.15, 0.2) is 0 Å². The van der Waals surface area contributed by atoms with E-state index >= 15 is 0 Å². The number of anilines is 1. The van der Waals surface area contributed by atoms with Crippen LogP contribution in [0, 0.1) is 5.41 Å². The van der Waals surface area contributed by atoms with Gasteiger partial charge in [-0.1, -0.05) is 0 Å². The van der Waals surface area contributed by atoms with Crippen molar-refractivity contribution in [2.45, 2.75) is 19.8 Å². The van der Waals surface area contributed by atoms with Crippen molar-refractivity contribution >= 4 is 11.7 Å². The van der Waals surface area contributed by atoms with Crippen molar-refractivity contribution in [1.82, 2.24) is 4.98 Å². The molecule has 0 aromatic carbocycles. The van der Waals surface area contributed by atoms with Gasteiger partial charge in [-0.15, -0.1) is 0 Å². The summed E-state index contributed by atoms with van der Waals surface area (Å²) in [4.78, 5) is 17.3. The summed E-state index contributed by atoms with van der Waals surface area (Å²) in [5, 5.41) is 9.13. The summed E-state index contributed by atoms with van der Waals surface area (Å²) < 4.78 is 0. The van der Waals surface area contributed by atoms with Crippen molar-refractivity contribution in [3.63, 3.8) is 0 Å². The van der Waals surface area contributed by atoms with E-state index in [4.69, 9.17) is 5.11 Å². The van der Waals surface area contributed by atoms with Crippen LogP contribution < -0.4 is 4.90 Å². The monoisotopic (exact) mass is 220 g/mol. The lowest BCUT2D eigenvalue weighted by Crippen LogP contribution is -2.42. The Bertz CT molecular complexity index is 370. The molecule has 1 aliphatic rings. The molecule has 16 heavy (non-hydrogen) atoms. The normalized spacial score (nSPS) is 19.4. The third-order valence-electron chi connectivity index (χ3n) is 3.41. The molecule has 1 N–H and O–H groups in total. The van der Waals surface area contributed by atoms with Crippen molar-refractivity contribution in [3.8, 4) is 0 Å². The molecule has 1 aromatic heterocycles. The largest absolute Gasteiger partial charge is 0.481 e. The first kappa shape index (κ1) is 10.9. The molecule has 1 saturated heterocycles. The lowest BCUT2D eigenvalue weighted by atomic mass is 9.80. The zero-order valence-electron chi connectivity index (χ0n) is 9.39. The first-order chi connectivity index (χ1) is 7.62. The molecule has 2 heterocycles. The van der Waals surface area contributed by atoms with Gasteiger partial charge in [-0.05, 0) is 31.9 Å². The van der Waals surface area contributed by atoms with Crippen LogP contribution in [0.1, 0.15) is 19.8 Å². The van der Waals surface area contributed by atoms with Crippen molar-refractivity contribution in [1.29, 1.82) is 0 Å². The number of hydrogen-bond acceptors (Lipinski definition) is 3. The molecule has 1 aliphatic heterocycles. The van der Waals surface area contributed by atoms with E-state index in [1.54, 1.807) is 12.4 Å². The molecular weight excluding hydrogens is 204 g/mol. The number of aromatic nitrogens is 1. The van der Waals surface area contributed by atoms with Gasteiger partial charge in [-0.3, -0.25) is 9.78 Å². The fraction of sp³-hybridized carbons (Fsp3) is 0.500. The average Bonchev–Trinajstić information content (AvgIpc) is 2.31. The van der Waals surface area contributed by atoms with Crippen LogP contribution in [0.2, 0.25) is 0 Å². The van der Waals surface area contributed by atoms with Crippen molar-refractivity contribution in [2.24, 2.45) is 5.41 Å². The molecule has 86 valence electrons. The van der Waals surface area contributed by atoms with Crippen LogP contribution in [0.15, 0.2) is 24.5 Å². The molecule has 0 spiro atoms. The lowest BCUT2D eigenvalue weighted by Gasteiger charge is -2.37. The Morgan fingerprint density at radius 2 is 1.94 bits per heavy atom. The van der Waals surface area contributed by atoms with Gasteiger partial charge in [0.25, 0.3) is 0 Å². The highest BCUT2D eigenvalue weighted by Crippen LogP contribution is 2.32. The standard InChI is InChI=1S/C12H16N2O2/c1-12(11(15)16)4-8-14(9-5-12)10-2-6-13-7-3-10/h2-3,6-7H,4-5,8-9H2,1H3,(H,15,16). The minimum absolute atomic E-state index is 0.552. The van der Waals surface area contributed by atoms with Gasteiger partial charge >= 0.3 is 5.97 Å². The summed E-state index contributed by atoms with van der Waals surface area (Å²) in [6.45, 7) is 3.43. The van der Waals surface area contributed by atoms with Gasteiger partial charge in [-0.25, -0.2) is 0 Å². The molecule has 0 saturated carbocycles. The van der Waals surface area contributed by atoms with Gasteiger partial charge in [0, 0.05) is 31.2 Å². The number of carboxylic acid groups (broad SMARTS) is 1. The van der Waals surface area contributed by atoms with Crippen molar-refractivity contribution < 1.29 is 9.90 Å². The highest BCUT2D eigenvalue weighted by atomic mass is 16.4. The molecule has 1 aromatic rings. The topological polar surface area (TPSA) is 53.4 Å². The molecule has 0 amide bonds. The van der Waals surface area contributed by atoms with E-state index in [-0.39, 0.29) is 0 Å². The molecule has 0 aliphatic carbocycles. The minimum atomic E-state index is -0.679. The van der Waals surface area contributed by atoms with Crippen LogP contribution in [-0.4, -0.2) is 29.1 Å². The number of aliphatic carboxylic acids is 1. The number of rotatable bonds is 2. The molecule has 4 heteroatoms. The maximum absolute atomic E-state index is 11.1. The second-order valence-electron chi connectivity index (χ2n) is 4.56. The molecule has 0 atom stereocenters. The first-order valence-corrected chi connectivity index (χ1v) is 5.50. The van der Waals surface area contributed by atoms with Crippen molar-refractivity contribution in [2.75, 3.05) is 18.0 Å². The Labute approximate surface area is 94.9 Å². The number of piperidine rings is 1. The number of carboxylic acids is 1. The summed E-state index contributed by atoms with van der Waals surface area (Å²) in [6, 6.07) is 3.92. The summed E-state index contributed by atoms with van der Waals surface area (Å²) in [5.41, 5.74) is 0.575. The Morgan fingerprint density at radius 1 is 1.38 bits per heavy atom. The zero-order valence-corrected chi connectivity index (χ0v) is 9.39. The van der Waals surface area contributed by atoms with Crippen LogP contribution >= 0.6 is 0 Å². The number of pyridine rings is 1. The van der Waals surface area contributed by atoms with Crippen LogP contribution in [0.4, 0.5) is 5.69 Å². The molecule has 0 radical (unpaired) electrons. The van der Waals surface area contributed by atoms with Crippen LogP contribution in [0.25, 0.3) is 0 Å². The molecule has 0 bridgehead atoms. The van der Waals surface area contributed by atoms with E-state index in [1.165, 1.54) is 0 Å². The highest BCUT2D eigenvalue weighted by molar-refractivity contribution is 5.74. The summed E-state index contributed by atoms with van der Waals surface area (Å²) in [6.07, 6.45) is 4.93. The zero-order chi connectivity index (χ0) is 11.6. The molecule has 4 nitrogen and oxygen atoms in total. The third-order valence-corrected chi connectivity index (χ3v) is 3.41. The van der Waals surface area contributed by atoms with Gasteiger partial charge in [0.05, 0.1) is 5.41 Å². The van der Waals surface area contributed by atoms with Gasteiger partial charge in [-0.2, -0.15) is 0 Å². The van der Waals surface area contributed by atoms with E-state index in [1.807, 2.05) is 19.1 Å². The lowest BCUT2D eigenvalue weighted by molar-refractivity contribution is -0.149. The predicted octanol–water partition coefficient (Wildman–Crippen LogP) is 1.77. The first-order valence-electron chi connectivity index (χ1n) is 5.50. The highest BCUT2D eigenvalue weighted by Gasteiger charge is 2.36. The van der Waals surface area contributed by atoms with E-state index in [0.717, 1.165) is 18.8 Å². The molecule has 2 rings (SSSR count). The second kappa shape index (κ2) is 4.12. The SMILES string of the molecule is CC1(C(=O)O)CCN(c2ccncc2)CC1. The fourth-order valence-electron chi connectivity index (χ4n) is 2.03. The maximum atomic E-state index is 11.1. The smallest absolute Gasteiger partial charge is 0.309 e. The van der Waals surface area contributed by atoms with Crippen LogP contribution in [-0.2, 0) is 4.79 Å². The Balaban J connectivity index is 2.03. The fourth-order valence-corrected chi connectivity index (χ4v) is 2.03. The van der Waals surface area contributed by atoms with E-state index in [9.17, 15) is 4.79 Å². The van der Waals surface area contributed by atoms with E-state index < -0.39 is 11.4 Å². The third kappa shape index (κ3) is 2.01. The van der Waals surface area contributed by atoms with Gasteiger partial charge in [0.2, 0.25) is 0 Å². The molecule has 0 unspecified atom stereocenters. The molecule has 1 fully saturated rings. The van der Waals surface area contributed by atoms with Crippen LogP contribution in [0.5, 0.6) is 0 Å². The number of nitrogens with zero attached hydrogens (tertiary/aromatic N) is 2. The quantitative estimate of drug-likeness (QED) is 0.825. The summed E-state index contributed by atoms with van der Waals surface area (Å²) in [7, 11) is 0. The van der Waals surface area contributed by atoms with Crippen molar-refractivity contribution in [3.05, 3.63) is 24.5 Å². The Kier molecular flexibility index (Phi) is 2.81. The minimum Gasteiger partial charge on any atom is -0.481 e. The summed E-state index contributed by atoms with van der Waals surface area (Å²) >= 11 is 0. The Morgan fingerprint density at radius 3 is 2.44 bits per heavy atom. The van der Waals surface area contributed by atoms with Gasteiger partial charge < -0.3 is 10.0 Å². The van der Waals surface area contributed by atoms with E-state index in [2.05, 4.69) is 9.88 Å². The molecular formula is C12H16N2O2. The summed E-state index contributed by atoms with van der Waals surface area (Å²) in [5.74, 6) is -0.679. The Hall–Kier alpha value is -1.58. The predicted molar refractivity (Wildman–Crippen MR) is 61.4 cm³/mol. The van der Waals surface area contributed by atoms with Crippen LogP contribution in [0.3, 0.4) is 0 Å². The maximum Gasteiger partial charge on any atom is 0.309 e. The van der Waals surface area contributed by atoms with Gasteiger partial charge in [0.1, 0.15) is 0 Å². The average molecular weight is 220 g/mol. The van der Waals surface area contributed by atoms with E-state index in [0.29, 0.717) is 12.8 Å².